The van der Waals surface area contributed by atoms with Crippen LogP contribution in [0.4, 0.5) is 21.6 Å². The second-order valence-corrected chi connectivity index (χ2v) is 7.40. The molecule has 30 heavy (non-hydrogen) atoms. The number of aryl methyl sites for hydroxylation is 1. The number of anilines is 3. The van der Waals surface area contributed by atoms with Gasteiger partial charge < -0.3 is 25.7 Å². The van der Waals surface area contributed by atoms with Gasteiger partial charge >= 0.3 is 0 Å². The van der Waals surface area contributed by atoms with E-state index in [-0.39, 0.29) is 5.65 Å². The molecule has 1 amide bonds. The molecule has 4 aromatic rings. The van der Waals surface area contributed by atoms with Gasteiger partial charge in [-0.25, -0.2) is 9.37 Å². The number of primary amides is 1. The van der Waals surface area contributed by atoms with Gasteiger partial charge in [-0.1, -0.05) is 0 Å². The van der Waals surface area contributed by atoms with E-state index >= 15 is 0 Å². The van der Waals surface area contributed by atoms with E-state index in [1.165, 1.54) is 6.07 Å². The molecule has 0 spiro atoms. The molecule has 0 atom stereocenters. The molecule has 9 nitrogen and oxygen atoms in total. The topological polar surface area (TPSA) is 116 Å². The Balaban J connectivity index is 1.57. The average molecular weight is 408 g/mol. The van der Waals surface area contributed by atoms with Gasteiger partial charge in [0, 0.05) is 50.3 Å². The largest absolute Gasteiger partial charge is 0.369 e. The van der Waals surface area contributed by atoms with Crippen molar-refractivity contribution < 1.29 is 9.18 Å². The Bertz CT molecular complexity index is 1270. The van der Waals surface area contributed by atoms with Crippen LogP contribution in [-0.2, 0) is 0 Å². The molecule has 3 aromatic heterocycles. The van der Waals surface area contributed by atoms with Gasteiger partial charge in [0.15, 0.2) is 17.3 Å². The standard InChI is InChI=1S/C20H21FN8O/c1-11-9-29-10-12(6-15(21)20(29)24-11)25-19-17-14(18(22)30)7-13(8-16(17)26-27-19)28-4-2-23-3-5-28/h6-10,23H,2-5H2,1H3,(H2,22,30)(H2,25,26,27). The number of imidazole rings is 1. The number of nitrogens with two attached hydrogens (primary N) is 1. The van der Waals surface area contributed by atoms with E-state index in [1.807, 2.05) is 6.07 Å². The van der Waals surface area contributed by atoms with Crippen molar-refractivity contribution in [2.75, 3.05) is 36.4 Å². The first-order valence-corrected chi connectivity index (χ1v) is 9.69. The van der Waals surface area contributed by atoms with Crippen molar-refractivity contribution in [1.82, 2.24) is 24.9 Å². The number of H-pyrrole nitrogens is 1. The number of hydrogen-bond acceptors (Lipinski definition) is 6. The monoisotopic (exact) mass is 408 g/mol. The summed E-state index contributed by atoms with van der Waals surface area (Å²) in [5.74, 6) is -0.599. The summed E-state index contributed by atoms with van der Waals surface area (Å²) in [7, 11) is 0. The first kappa shape index (κ1) is 18.4. The molecule has 5 N–H and O–H groups in total. The SMILES string of the molecule is Cc1cn2cc(Nc3n[nH]c4cc(N5CCNCC5)cc(C(N)=O)c34)cc(F)c2n1. The molecule has 1 fully saturated rings. The summed E-state index contributed by atoms with van der Waals surface area (Å²) in [5, 5.41) is 14.3. The van der Waals surface area contributed by atoms with Crippen molar-refractivity contribution >= 4 is 39.6 Å². The van der Waals surface area contributed by atoms with E-state index in [1.54, 1.807) is 29.8 Å². The Morgan fingerprint density at radius 3 is 2.80 bits per heavy atom. The summed E-state index contributed by atoms with van der Waals surface area (Å²) >= 11 is 0. The molecule has 0 saturated carbocycles. The van der Waals surface area contributed by atoms with Crippen LogP contribution < -0.4 is 21.3 Å². The number of aromatic nitrogens is 4. The van der Waals surface area contributed by atoms with Crippen LogP contribution in [0.2, 0.25) is 0 Å². The van der Waals surface area contributed by atoms with Gasteiger partial charge in [-0.2, -0.15) is 5.10 Å². The Morgan fingerprint density at radius 2 is 2.03 bits per heavy atom. The third kappa shape index (κ3) is 3.11. The number of nitrogens with zero attached hydrogens (tertiary/aromatic N) is 4. The molecular formula is C20H21FN8O. The molecule has 0 aliphatic carbocycles. The second kappa shape index (κ2) is 6.99. The number of piperazine rings is 1. The number of benzene rings is 1. The lowest BCUT2D eigenvalue weighted by Gasteiger charge is -2.29. The number of carbonyl (C=O) groups excluding carboxylic acids is 1. The van der Waals surface area contributed by atoms with Crippen molar-refractivity contribution in [3.05, 3.63) is 47.7 Å². The number of halogens is 1. The first-order valence-electron chi connectivity index (χ1n) is 9.69. The summed E-state index contributed by atoms with van der Waals surface area (Å²) < 4.78 is 16.0. The zero-order valence-electron chi connectivity index (χ0n) is 16.4. The van der Waals surface area contributed by atoms with Gasteiger partial charge in [-0.05, 0) is 19.1 Å². The van der Waals surface area contributed by atoms with Crippen LogP contribution in [0.3, 0.4) is 0 Å². The molecule has 1 aliphatic heterocycles. The van der Waals surface area contributed by atoms with Crippen LogP contribution in [0.25, 0.3) is 16.6 Å². The zero-order valence-corrected chi connectivity index (χ0v) is 16.4. The van der Waals surface area contributed by atoms with Crippen LogP contribution >= 0.6 is 0 Å². The molecule has 4 heterocycles. The predicted molar refractivity (Wildman–Crippen MR) is 113 cm³/mol. The quantitative estimate of drug-likeness (QED) is 0.410. The summed E-state index contributed by atoms with van der Waals surface area (Å²) in [6.45, 7) is 5.23. The highest BCUT2D eigenvalue weighted by molar-refractivity contribution is 6.11. The number of fused-ring (bicyclic) bond motifs is 2. The maximum Gasteiger partial charge on any atom is 0.249 e. The minimum Gasteiger partial charge on any atom is -0.369 e. The Morgan fingerprint density at radius 1 is 1.23 bits per heavy atom. The van der Waals surface area contributed by atoms with Crippen molar-refractivity contribution in [2.45, 2.75) is 6.92 Å². The normalized spacial score (nSPS) is 14.5. The number of pyridine rings is 1. The van der Waals surface area contributed by atoms with Crippen LogP contribution in [0.1, 0.15) is 16.1 Å². The lowest BCUT2D eigenvalue weighted by molar-refractivity contribution is 0.100. The van der Waals surface area contributed by atoms with Crippen LogP contribution in [0, 0.1) is 12.7 Å². The molecule has 0 radical (unpaired) electrons. The average Bonchev–Trinajstić information content (AvgIpc) is 3.31. The Hall–Kier alpha value is -3.66. The van der Waals surface area contributed by atoms with E-state index in [4.69, 9.17) is 5.73 Å². The summed E-state index contributed by atoms with van der Waals surface area (Å²) in [4.78, 5) is 18.6. The van der Waals surface area contributed by atoms with Gasteiger partial charge in [0.1, 0.15) is 0 Å². The van der Waals surface area contributed by atoms with E-state index in [0.29, 0.717) is 33.7 Å². The van der Waals surface area contributed by atoms with Gasteiger partial charge in [-0.3, -0.25) is 9.89 Å². The van der Waals surface area contributed by atoms with Crippen LogP contribution in [0.5, 0.6) is 0 Å². The lowest BCUT2D eigenvalue weighted by atomic mass is 10.1. The van der Waals surface area contributed by atoms with E-state index in [0.717, 1.165) is 31.9 Å². The minimum atomic E-state index is -0.548. The van der Waals surface area contributed by atoms with Gasteiger partial charge in [0.25, 0.3) is 0 Å². The van der Waals surface area contributed by atoms with Crippen LogP contribution in [0.15, 0.2) is 30.6 Å². The maximum atomic E-state index is 14.4. The van der Waals surface area contributed by atoms with E-state index in [9.17, 15) is 9.18 Å². The number of amides is 1. The third-order valence-corrected chi connectivity index (χ3v) is 5.29. The number of nitrogens with one attached hydrogen (secondary N) is 3. The van der Waals surface area contributed by atoms with Gasteiger partial charge in [0.05, 0.1) is 27.8 Å². The Kier molecular flexibility index (Phi) is 4.28. The van der Waals surface area contributed by atoms with Crippen molar-refractivity contribution in [2.24, 2.45) is 5.73 Å². The van der Waals surface area contributed by atoms with Crippen molar-refractivity contribution in [1.29, 1.82) is 0 Å². The number of carbonyl (C=O) groups is 1. The fraction of sp³-hybridized carbons (Fsp3) is 0.250. The number of rotatable bonds is 4. The molecule has 0 bridgehead atoms. The zero-order chi connectivity index (χ0) is 20.8. The molecule has 1 aromatic carbocycles. The molecule has 10 heteroatoms. The number of aromatic amines is 1. The molecular weight excluding hydrogens is 387 g/mol. The lowest BCUT2D eigenvalue weighted by Crippen LogP contribution is -2.43. The predicted octanol–water partition coefficient (Wildman–Crippen LogP) is 1.91. The first-order chi connectivity index (χ1) is 14.5. The fourth-order valence-electron chi connectivity index (χ4n) is 3.92. The Labute approximate surface area is 171 Å². The highest BCUT2D eigenvalue weighted by Gasteiger charge is 2.20. The smallest absolute Gasteiger partial charge is 0.249 e. The van der Waals surface area contributed by atoms with E-state index in [2.05, 4.69) is 30.7 Å². The fourth-order valence-corrected chi connectivity index (χ4v) is 3.92. The summed E-state index contributed by atoms with van der Waals surface area (Å²) in [5.41, 5.74) is 9.09. The molecule has 1 saturated heterocycles. The minimum absolute atomic E-state index is 0.253. The van der Waals surface area contributed by atoms with Crippen molar-refractivity contribution in [3.8, 4) is 0 Å². The highest BCUT2D eigenvalue weighted by atomic mass is 19.1. The molecule has 5 rings (SSSR count). The summed E-state index contributed by atoms with van der Waals surface area (Å²) in [6.07, 6.45) is 3.46. The molecule has 1 aliphatic rings. The van der Waals surface area contributed by atoms with Crippen molar-refractivity contribution in [3.63, 3.8) is 0 Å². The van der Waals surface area contributed by atoms with Gasteiger partial charge in [0.2, 0.25) is 5.91 Å². The van der Waals surface area contributed by atoms with E-state index < -0.39 is 11.7 Å². The maximum absolute atomic E-state index is 14.4. The summed E-state index contributed by atoms with van der Waals surface area (Å²) in [6, 6.07) is 5.09. The van der Waals surface area contributed by atoms with Crippen LogP contribution in [-0.4, -0.2) is 51.7 Å². The van der Waals surface area contributed by atoms with Gasteiger partial charge in [-0.15, -0.1) is 0 Å². The number of hydrogen-bond donors (Lipinski definition) is 4. The third-order valence-electron chi connectivity index (χ3n) is 5.29. The second-order valence-electron chi connectivity index (χ2n) is 7.40. The highest BCUT2D eigenvalue weighted by Crippen LogP contribution is 2.32. The molecule has 0 unspecified atom stereocenters. The molecule has 154 valence electrons.